The fourth-order valence-corrected chi connectivity index (χ4v) is 2.75. The number of carbonyl (C=O) groups is 1. The molecule has 0 saturated carbocycles. The Labute approximate surface area is 180 Å². The molecule has 2 rings (SSSR count). The maximum atomic E-state index is 12.0. The summed E-state index contributed by atoms with van der Waals surface area (Å²) in [4.78, 5) is 23.0. The Bertz CT molecular complexity index is 890. The molecule has 0 aliphatic heterocycles. The molecule has 0 radical (unpaired) electrons. The second kappa shape index (κ2) is 12.0. The molecule has 0 fully saturated rings. The minimum absolute atomic E-state index is 0.170. The van der Waals surface area contributed by atoms with Gasteiger partial charge in [-0.25, -0.2) is 0 Å². The number of likely N-dealkylation sites (N-methyl/N-ethyl adjacent to an activating group) is 1. The van der Waals surface area contributed by atoms with Crippen molar-refractivity contribution in [3.05, 3.63) is 76.6 Å². The van der Waals surface area contributed by atoms with Gasteiger partial charge >= 0.3 is 0 Å². The number of benzene rings is 2. The average molecular weight is 436 g/mol. The van der Waals surface area contributed by atoms with Crippen molar-refractivity contribution in [1.82, 2.24) is 10.8 Å². The highest BCUT2D eigenvalue weighted by molar-refractivity contribution is 7.80. The van der Waals surface area contributed by atoms with Crippen LogP contribution < -0.4 is 10.8 Å². The number of halogens is 1. The van der Waals surface area contributed by atoms with Crippen LogP contribution >= 0.6 is 24.2 Å². The summed E-state index contributed by atoms with van der Waals surface area (Å²) in [5, 5.41) is 6.98. The van der Waals surface area contributed by atoms with E-state index in [9.17, 15) is 4.79 Å². The van der Waals surface area contributed by atoms with Gasteiger partial charge in [-0.15, -0.1) is 12.6 Å². The molecule has 2 N–H and O–H groups in total. The zero-order valence-corrected chi connectivity index (χ0v) is 17.7. The number of hydrogen-bond donors (Lipinski definition) is 3. The Morgan fingerprint density at radius 2 is 2.00 bits per heavy atom. The topological polar surface area (TPSA) is 81.2 Å². The van der Waals surface area contributed by atoms with Crippen LogP contribution in [0, 0.1) is 0 Å². The number of thiol groups is 1. The van der Waals surface area contributed by atoms with Crippen LogP contribution in [-0.4, -0.2) is 25.8 Å². The number of hydroxylamine groups is 1. The largest absolute Gasteiger partial charge is 0.495 e. The average Bonchev–Trinajstić information content (AvgIpc) is 2.73. The molecule has 154 valence electrons. The first-order valence-electron chi connectivity index (χ1n) is 8.59. The van der Waals surface area contributed by atoms with E-state index in [0.29, 0.717) is 10.6 Å². The van der Waals surface area contributed by atoms with Gasteiger partial charge in [-0.2, -0.15) is 0 Å². The maximum Gasteiger partial charge on any atom is 0.273 e. The van der Waals surface area contributed by atoms with Gasteiger partial charge in [-0.3, -0.25) is 15.1 Å². The first-order chi connectivity index (χ1) is 14.1. The molecule has 7 nitrogen and oxygen atoms in total. The van der Waals surface area contributed by atoms with E-state index in [2.05, 4.69) is 28.6 Å². The van der Waals surface area contributed by atoms with Crippen molar-refractivity contribution in [2.24, 2.45) is 5.16 Å². The lowest BCUT2D eigenvalue weighted by atomic mass is 10.0. The van der Waals surface area contributed by atoms with E-state index >= 15 is 0 Å². The van der Waals surface area contributed by atoms with Crippen molar-refractivity contribution < 1.29 is 19.2 Å². The van der Waals surface area contributed by atoms with Crippen molar-refractivity contribution in [2.75, 3.05) is 14.2 Å². The summed E-state index contributed by atoms with van der Waals surface area (Å²) in [7, 11) is 2.91. The number of nitrogens with one attached hydrogen (secondary N) is 2. The zero-order chi connectivity index (χ0) is 21.1. The zero-order valence-electron chi connectivity index (χ0n) is 16.0. The maximum absolute atomic E-state index is 12.0. The third-order valence-electron chi connectivity index (χ3n) is 3.72. The number of hydrogen-bond acceptors (Lipinski definition) is 7. The molecule has 9 heteroatoms. The molecular weight excluding hydrogens is 414 g/mol. The summed E-state index contributed by atoms with van der Waals surface area (Å²) in [5.41, 5.74) is 5.08. The van der Waals surface area contributed by atoms with Crippen LogP contribution in [0.4, 0.5) is 0 Å². The van der Waals surface area contributed by atoms with Crippen LogP contribution in [0.3, 0.4) is 0 Å². The Kier molecular flexibility index (Phi) is 9.36. The van der Waals surface area contributed by atoms with Crippen molar-refractivity contribution in [2.45, 2.75) is 18.1 Å². The van der Waals surface area contributed by atoms with Crippen LogP contribution in [0.25, 0.3) is 0 Å². The van der Waals surface area contributed by atoms with Gasteiger partial charge in [0.05, 0.1) is 6.20 Å². The number of nitrogens with zero attached hydrogens (tertiary/aromatic N) is 1. The van der Waals surface area contributed by atoms with Gasteiger partial charge < -0.3 is 14.9 Å². The lowest BCUT2D eigenvalue weighted by Crippen LogP contribution is -2.29. The minimum Gasteiger partial charge on any atom is -0.495 e. The van der Waals surface area contributed by atoms with Gasteiger partial charge in [-0.1, -0.05) is 41.0 Å². The number of ether oxygens (including phenoxy) is 1. The molecule has 0 aliphatic rings. The molecule has 0 heterocycles. The first kappa shape index (κ1) is 22.6. The summed E-state index contributed by atoms with van der Waals surface area (Å²) >= 11 is 10.3. The molecule has 29 heavy (non-hydrogen) atoms. The fraction of sp³-hybridized carbons (Fsp3) is 0.200. The number of amides is 1. The van der Waals surface area contributed by atoms with E-state index in [-0.39, 0.29) is 24.8 Å². The Balaban J connectivity index is 1.88. The first-order valence-corrected chi connectivity index (χ1v) is 9.42. The molecular formula is C20H22ClN3O4S. The molecule has 0 atom stereocenters. The number of rotatable bonds is 10. The summed E-state index contributed by atoms with van der Waals surface area (Å²) in [6.07, 6.45) is 2.96. The smallest absolute Gasteiger partial charge is 0.273 e. The molecule has 0 saturated heterocycles. The van der Waals surface area contributed by atoms with Gasteiger partial charge in [0.2, 0.25) is 0 Å². The second-order valence-electron chi connectivity index (χ2n) is 5.65. The molecule has 0 spiro atoms. The third kappa shape index (κ3) is 7.01. The van der Waals surface area contributed by atoms with E-state index < -0.39 is 0 Å². The van der Waals surface area contributed by atoms with Crippen molar-refractivity contribution in [3.63, 3.8) is 0 Å². The van der Waals surface area contributed by atoms with Crippen LogP contribution in [-0.2, 0) is 32.4 Å². The summed E-state index contributed by atoms with van der Waals surface area (Å²) in [6, 6.07) is 12.6. The highest BCUT2D eigenvalue weighted by Crippen LogP contribution is 2.19. The predicted octanol–water partition coefficient (Wildman–Crippen LogP) is 3.43. The van der Waals surface area contributed by atoms with E-state index in [4.69, 9.17) is 26.0 Å². The normalized spacial score (nSPS) is 11.4. The SMILES string of the molecule is CNC(=O)C(=NOC)c1ccccc1COC=CNOCc1cc(Cl)ccc1S. The highest BCUT2D eigenvalue weighted by Gasteiger charge is 2.17. The molecule has 2 aromatic rings. The van der Waals surface area contributed by atoms with Gasteiger partial charge in [0.15, 0.2) is 5.71 Å². The lowest BCUT2D eigenvalue weighted by Gasteiger charge is -2.10. The summed E-state index contributed by atoms with van der Waals surface area (Å²) in [5.74, 6) is -0.352. The third-order valence-corrected chi connectivity index (χ3v) is 4.39. The van der Waals surface area contributed by atoms with Gasteiger partial charge in [-0.05, 0) is 29.3 Å². The van der Waals surface area contributed by atoms with Crippen LogP contribution in [0.1, 0.15) is 16.7 Å². The molecule has 2 aromatic carbocycles. The molecule has 1 amide bonds. The predicted molar refractivity (Wildman–Crippen MR) is 115 cm³/mol. The van der Waals surface area contributed by atoms with Crippen molar-refractivity contribution >= 4 is 35.8 Å². The van der Waals surface area contributed by atoms with Gasteiger partial charge in [0, 0.05) is 22.5 Å². The van der Waals surface area contributed by atoms with Crippen LogP contribution in [0.15, 0.2) is 65.0 Å². The minimum atomic E-state index is -0.352. The quantitative estimate of drug-likeness (QED) is 0.175. The Hall–Kier alpha value is -2.68. The summed E-state index contributed by atoms with van der Waals surface area (Å²) in [6.45, 7) is 0.513. The molecule has 0 unspecified atom stereocenters. The highest BCUT2D eigenvalue weighted by atomic mass is 35.5. The summed E-state index contributed by atoms with van der Waals surface area (Å²) < 4.78 is 5.51. The van der Waals surface area contributed by atoms with Crippen molar-refractivity contribution in [3.8, 4) is 0 Å². The van der Waals surface area contributed by atoms with E-state index in [0.717, 1.165) is 16.0 Å². The fourth-order valence-electron chi connectivity index (χ4n) is 2.35. The van der Waals surface area contributed by atoms with Crippen LogP contribution in [0.5, 0.6) is 0 Å². The Morgan fingerprint density at radius 1 is 1.21 bits per heavy atom. The molecule has 0 bridgehead atoms. The van der Waals surface area contributed by atoms with Crippen LogP contribution in [0.2, 0.25) is 5.02 Å². The van der Waals surface area contributed by atoms with E-state index in [1.165, 1.54) is 26.6 Å². The van der Waals surface area contributed by atoms with E-state index in [1.807, 2.05) is 18.2 Å². The van der Waals surface area contributed by atoms with Gasteiger partial charge in [0.25, 0.3) is 5.91 Å². The monoisotopic (exact) mass is 435 g/mol. The lowest BCUT2D eigenvalue weighted by molar-refractivity contribution is -0.114. The molecule has 0 aliphatic carbocycles. The second-order valence-corrected chi connectivity index (χ2v) is 6.57. The molecule has 0 aromatic heterocycles. The Morgan fingerprint density at radius 3 is 2.76 bits per heavy atom. The van der Waals surface area contributed by atoms with E-state index in [1.54, 1.807) is 24.3 Å². The van der Waals surface area contributed by atoms with Gasteiger partial charge in [0.1, 0.15) is 26.6 Å². The van der Waals surface area contributed by atoms with Crippen molar-refractivity contribution in [1.29, 1.82) is 0 Å². The standard InChI is InChI=1S/C20H22ClN3O4S/c1-22-20(25)19(24-26-2)17-6-4-3-5-14(17)12-27-10-9-23-28-13-15-11-16(21)7-8-18(15)29/h3-11,23,29H,12-13H2,1-2H3,(H,22,25). The number of oxime groups is 1. The number of carbonyl (C=O) groups excluding carboxylic acids is 1.